The van der Waals surface area contributed by atoms with Gasteiger partial charge >= 0.3 is 0 Å². The van der Waals surface area contributed by atoms with Gasteiger partial charge in [0.05, 0.1) is 12.2 Å². The third-order valence-electron chi connectivity index (χ3n) is 4.47. The highest BCUT2D eigenvalue weighted by atomic mass is 16.2. The molecule has 1 heterocycles. The van der Waals surface area contributed by atoms with Gasteiger partial charge in [0.25, 0.3) is 5.91 Å². The van der Waals surface area contributed by atoms with Gasteiger partial charge in [-0.3, -0.25) is 9.48 Å². The van der Waals surface area contributed by atoms with Crippen LogP contribution in [0.4, 0.5) is 5.69 Å². The number of aryl methyl sites for hydroxylation is 2. The van der Waals surface area contributed by atoms with E-state index in [1.54, 1.807) is 11.0 Å². The third-order valence-corrected chi connectivity index (χ3v) is 4.47. The molecule has 0 saturated carbocycles. The largest absolute Gasteiger partial charge is 0.304 e. The van der Waals surface area contributed by atoms with Gasteiger partial charge in [-0.1, -0.05) is 48.5 Å². The number of hydrogen-bond donors (Lipinski definition) is 0. The molecular formula is C22H23N3O. The summed E-state index contributed by atoms with van der Waals surface area (Å²) in [5.41, 5.74) is 4.93. The number of amides is 1. The molecule has 0 N–H and O–H groups in total. The standard InChI is InChI=1S/C22H23N3O/c1-17-21(18(2)24(3)23-17)14-15-22(26)25(20-12-8-5-9-13-20)16-19-10-6-4-7-11-19/h4-15H,16H2,1-3H3/b15-14+. The van der Waals surface area contributed by atoms with E-state index in [0.717, 1.165) is 28.2 Å². The molecule has 1 amide bonds. The Morgan fingerprint density at radius 3 is 2.23 bits per heavy atom. The van der Waals surface area contributed by atoms with Gasteiger partial charge < -0.3 is 4.90 Å². The van der Waals surface area contributed by atoms with Gasteiger partial charge in [-0.05, 0) is 37.6 Å². The molecule has 0 aliphatic carbocycles. The zero-order valence-electron chi connectivity index (χ0n) is 15.4. The summed E-state index contributed by atoms with van der Waals surface area (Å²) < 4.78 is 1.83. The molecule has 4 nitrogen and oxygen atoms in total. The van der Waals surface area contributed by atoms with Crippen LogP contribution >= 0.6 is 0 Å². The van der Waals surface area contributed by atoms with Crippen LogP contribution in [0, 0.1) is 13.8 Å². The second kappa shape index (κ2) is 7.83. The van der Waals surface area contributed by atoms with E-state index >= 15 is 0 Å². The highest BCUT2D eigenvalue weighted by molar-refractivity contribution is 6.03. The summed E-state index contributed by atoms with van der Waals surface area (Å²) in [4.78, 5) is 14.7. The molecule has 0 bridgehead atoms. The van der Waals surface area contributed by atoms with Crippen LogP contribution in [0.15, 0.2) is 66.7 Å². The van der Waals surface area contributed by atoms with E-state index in [-0.39, 0.29) is 5.91 Å². The Bertz CT molecular complexity index is 911. The number of para-hydroxylation sites is 1. The first-order valence-electron chi connectivity index (χ1n) is 8.65. The molecule has 0 saturated heterocycles. The summed E-state index contributed by atoms with van der Waals surface area (Å²) >= 11 is 0. The minimum Gasteiger partial charge on any atom is -0.304 e. The van der Waals surface area contributed by atoms with Crippen molar-refractivity contribution in [3.63, 3.8) is 0 Å². The van der Waals surface area contributed by atoms with Crippen molar-refractivity contribution in [3.8, 4) is 0 Å². The van der Waals surface area contributed by atoms with Crippen LogP contribution in [0.5, 0.6) is 0 Å². The van der Waals surface area contributed by atoms with Crippen molar-refractivity contribution < 1.29 is 4.79 Å². The van der Waals surface area contributed by atoms with Crippen LogP contribution in [-0.2, 0) is 18.4 Å². The SMILES string of the molecule is Cc1nn(C)c(C)c1/C=C/C(=O)N(Cc1ccccc1)c1ccccc1. The van der Waals surface area contributed by atoms with Crippen molar-refractivity contribution in [1.82, 2.24) is 9.78 Å². The maximum atomic E-state index is 13.0. The highest BCUT2D eigenvalue weighted by Crippen LogP contribution is 2.19. The second-order valence-electron chi connectivity index (χ2n) is 6.29. The summed E-state index contributed by atoms with van der Waals surface area (Å²) in [5.74, 6) is -0.0530. The van der Waals surface area contributed by atoms with Crippen LogP contribution in [0.25, 0.3) is 6.08 Å². The lowest BCUT2D eigenvalue weighted by molar-refractivity contribution is -0.114. The smallest absolute Gasteiger partial charge is 0.251 e. The predicted octanol–water partition coefficient (Wildman–Crippen LogP) is 4.28. The molecule has 0 aliphatic rings. The number of benzene rings is 2. The van der Waals surface area contributed by atoms with Crippen molar-refractivity contribution in [2.75, 3.05) is 4.90 Å². The number of anilines is 1. The minimum atomic E-state index is -0.0530. The van der Waals surface area contributed by atoms with Gasteiger partial charge in [-0.25, -0.2) is 0 Å². The van der Waals surface area contributed by atoms with Gasteiger partial charge in [0, 0.05) is 30.1 Å². The number of hydrogen-bond acceptors (Lipinski definition) is 2. The molecule has 4 heteroatoms. The van der Waals surface area contributed by atoms with Gasteiger partial charge in [-0.15, -0.1) is 0 Å². The summed E-state index contributed by atoms with van der Waals surface area (Å²) in [5, 5.41) is 4.40. The first-order chi connectivity index (χ1) is 12.6. The van der Waals surface area contributed by atoms with E-state index in [1.165, 1.54) is 0 Å². The van der Waals surface area contributed by atoms with E-state index in [4.69, 9.17) is 0 Å². The Morgan fingerprint density at radius 2 is 1.65 bits per heavy atom. The summed E-state index contributed by atoms with van der Waals surface area (Å²) in [6.45, 7) is 4.48. The molecule has 0 spiro atoms. The molecule has 0 atom stereocenters. The van der Waals surface area contributed by atoms with Crippen molar-refractivity contribution in [1.29, 1.82) is 0 Å². The van der Waals surface area contributed by atoms with Crippen LogP contribution in [0.2, 0.25) is 0 Å². The van der Waals surface area contributed by atoms with Crippen molar-refractivity contribution >= 4 is 17.7 Å². The Balaban J connectivity index is 1.88. The van der Waals surface area contributed by atoms with Crippen molar-refractivity contribution in [2.45, 2.75) is 20.4 Å². The van der Waals surface area contributed by atoms with Gasteiger partial charge in [0.15, 0.2) is 0 Å². The van der Waals surface area contributed by atoms with Gasteiger partial charge in [-0.2, -0.15) is 5.10 Å². The number of carbonyl (C=O) groups is 1. The van der Waals surface area contributed by atoms with E-state index in [1.807, 2.05) is 92.3 Å². The van der Waals surface area contributed by atoms with Gasteiger partial charge in [0.1, 0.15) is 0 Å². The Kier molecular flexibility index (Phi) is 5.32. The van der Waals surface area contributed by atoms with Crippen LogP contribution in [0.1, 0.15) is 22.5 Å². The third kappa shape index (κ3) is 3.91. The number of aromatic nitrogens is 2. The monoisotopic (exact) mass is 345 g/mol. The molecule has 3 rings (SSSR count). The average molecular weight is 345 g/mol. The Hall–Kier alpha value is -3.14. The minimum absolute atomic E-state index is 0.0530. The summed E-state index contributed by atoms with van der Waals surface area (Å²) in [7, 11) is 1.91. The lowest BCUT2D eigenvalue weighted by atomic mass is 10.1. The average Bonchev–Trinajstić information content (AvgIpc) is 2.91. The molecule has 132 valence electrons. The van der Waals surface area contributed by atoms with Crippen LogP contribution in [-0.4, -0.2) is 15.7 Å². The number of rotatable bonds is 5. The maximum Gasteiger partial charge on any atom is 0.251 e. The second-order valence-corrected chi connectivity index (χ2v) is 6.29. The van der Waals surface area contributed by atoms with E-state index in [0.29, 0.717) is 6.54 Å². The molecular weight excluding hydrogens is 322 g/mol. The zero-order valence-corrected chi connectivity index (χ0v) is 15.4. The van der Waals surface area contributed by atoms with Crippen molar-refractivity contribution in [3.05, 3.63) is 89.3 Å². The Morgan fingerprint density at radius 1 is 1.04 bits per heavy atom. The highest BCUT2D eigenvalue weighted by Gasteiger charge is 2.14. The Labute approximate surface area is 154 Å². The fourth-order valence-electron chi connectivity index (χ4n) is 2.95. The van der Waals surface area contributed by atoms with Gasteiger partial charge in [0.2, 0.25) is 0 Å². The van der Waals surface area contributed by atoms with E-state index < -0.39 is 0 Å². The molecule has 0 fully saturated rings. The summed E-state index contributed by atoms with van der Waals surface area (Å²) in [6.07, 6.45) is 3.49. The molecule has 26 heavy (non-hydrogen) atoms. The van der Waals surface area contributed by atoms with E-state index in [9.17, 15) is 4.79 Å². The van der Waals surface area contributed by atoms with Crippen LogP contribution < -0.4 is 4.90 Å². The lowest BCUT2D eigenvalue weighted by Gasteiger charge is -2.21. The maximum absolute atomic E-state index is 13.0. The molecule has 0 radical (unpaired) electrons. The lowest BCUT2D eigenvalue weighted by Crippen LogP contribution is -2.28. The molecule has 0 unspecified atom stereocenters. The summed E-state index contributed by atoms with van der Waals surface area (Å²) in [6, 6.07) is 19.8. The zero-order chi connectivity index (χ0) is 18.5. The number of carbonyl (C=O) groups excluding carboxylic acids is 1. The molecule has 3 aromatic rings. The normalized spacial score (nSPS) is 11.0. The first kappa shape index (κ1) is 17.7. The molecule has 0 aliphatic heterocycles. The van der Waals surface area contributed by atoms with Crippen LogP contribution in [0.3, 0.4) is 0 Å². The first-order valence-corrected chi connectivity index (χ1v) is 8.65. The number of nitrogens with zero attached hydrogens (tertiary/aromatic N) is 3. The molecule has 1 aromatic heterocycles. The predicted molar refractivity (Wildman–Crippen MR) is 106 cm³/mol. The fourth-order valence-corrected chi connectivity index (χ4v) is 2.95. The van der Waals surface area contributed by atoms with Crippen molar-refractivity contribution in [2.24, 2.45) is 7.05 Å². The fraction of sp³-hybridized carbons (Fsp3) is 0.182. The molecule has 2 aromatic carbocycles. The van der Waals surface area contributed by atoms with E-state index in [2.05, 4.69) is 5.10 Å². The topological polar surface area (TPSA) is 38.1 Å². The quantitative estimate of drug-likeness (QED) is 0.647.